The van der Waals surface area contributed by atoms with Gasteiger partial charge in [-0.25, -0.2) is 4.39 Å². The van der Waals surface area contributed by atoms with Crippen LogP contribution in [0.25, 0.3) is 0 Å². The van der Waals surface area contributed by atoms with E-state index in [4.69, 9.17) is 0 Å². The fourth-order valence-electron chi connectivity index (χ4n) is 2.52. The molecule has 2 nitrogen and oxygen atoms in total. The van der Waals surface area contributed by atoms with Gasteiger partial charge in [0.1, 0.15) is 6.17 Å². The molecule has 2 rings (SSSR count). The number of rotatable bonds is 0. The number of nitrogens with one attached hydrogen (secondary N) is 1. The first-order valence-electron chi connectivity index (χ1n) is 4.76. The molecule has 0 radical (unpaired) electrons. The molecule has 3 heteroatoms. The van der Waals surface area contributed by atoms with Crippen molar-refractivity contribution in [3.8, 4) is 0 Å². The van der Waals surface area contributed by atoms with Crippen LogP contribution in [0, 0.1) is 5.41 Å². The standard InChI is InChI=1S/C9H17FN2/c1-12-5-2-8(10)9(7-12)3-4-11-6-9/h8,11H,2-7H2,1H3. The van der Waals surface area contributed by atoms with Gasteiger partial charge in [0.15, 0.2) is 0 Å². The van der Waals surface area contributed by atoms with Gasteiger partial charge >= 0.3 is 0 Å². The van der Waals surface area contributed by atoms with Gasteiger partial charge in [-0.15, -0.1) is 0 Å². The third-order valence-corrected chi connectivity index (χ3v) is 3.29. The molecular weight excluding hydrogens is 155 g/mol. The summed E-state index contributed by atoms with van der Waals surface area (Å²) in [6, 6.07) is 0. The summed E-state index contributed by atoms with van der Waals surface area (Å²) >= 11 is 0. The topological polar surface area (TPSA) is 15.3 Å². The van der Waals surface area contributed by atoms with E-state index < -0.39 is 6.17 Å². The summed E-state index contributed by atoms with van der Waals surface area (Å²) in [5.41, 5.74) is -0.0486. The molecule has 2 unspecified atom stereocenters. The molecule has 0 saturated carbocycles. The molecule has 0 aromatic heterocycles. The van der Waals surface area contributed by atoms with Crippen LogP contribution < -0.4 is 5.32 Å². The summed E-state index contributed by atoms with van der Waals surface area (Å²) in [4.78, 5) is 2.25. The largest absolute Gasteiger partial charge is 0.316 e. The Labute approximate surface area is 73.1 Å². The third-order valence-electron chi connectivity index (χ3n) is 3.29. The Kier molecular flexibility index (Phi) is 2.09. The number of alkyl halides is 1. The van der Waals surface area contributed by atoms with E-state index in [0.717, 1.165) is 39.0 Å². The van der Waals surface area contributed by atoms with Gasteiger partial charge < -0.3 is 10.2 Å². The Hall–Kier alpha value is -0.150. The fraction of sp³-hybridized carbons (Fsp3) is 1.00. The van der Waals surface area contributed by atoms with Crippen molar-refractivity contribution in [2.45, 2.75) is 19.0 Å². The van der Waals surface area contributed by atoms with Crippen molar-refractivity contribution in [1.29, 1.82) is 0 Å². The van der Waals surface area contributed by atoms with E-state index in [1.165, 1.54) is 0 Å². The number of piperidine rings is 1. The molecule has 1 N–H and O–H groups in total. The van der Waals surface area contributed by atoms with Gasteiger partial charge in [-0.05, 0) is 26.4 Å². The summed E-state index contributed by atoms with van der Waals surface area (Å²) in [5.74, 6) is 0. The highest BCUT2D eigenvalue weighted by Crippen LogP contribution is 2.37. The molecule has 0 aromatic carbocycles. The Bertz CT molecular complexity index is 166. The van der Waals surface area contributed by atoms with Crippen LogP contribution in [0.2, 0.25) is 0 Å². The van der Waals surface area contributed by atoms with E-state index >= 15 is 0 Å². The van der Waals surface area contributed by atoms with Gasteiger partial charge in [0.2, 0.25) is 0 Å². The molecule has 2 aliphatic rings. The van der Waals surface area contributed by atoms with E-state index in [2.05, 4.69) is 17.3 Å². The predicted octanol–water partition coefficient (Wildman–Crippen LogP) is 0.640. The molecular formula is C9H17FN2. The molecule has 0 bridgehead atoms. The molecule has 0 amide bonds. The summed E-state index contributed by atoms with van der Waals surface area (Å²) < 4.78 is 13.7. The minimum atomic E-state index is -0.580. The summed E-state index contributed by atoms with van der Waals surface area (Å²) in [6.45, 7) is 3.72. The lowest BCUT2D eigenvalue weighted by Gasteiger charge is -2.40. The normalized spacial score (nSPS) is 44.0. The van der Waals surface area contributed by atoms with Crippen LogP contribution in [0.4, 0.5) is 4.39 Å². The lowest BCUT2D eigenvalue weighted by atomic mass is 9.78. The van der Waals surface area contributed by atoms with Crippen LogP contribution in [0.15, 0.2) is 0 Å². The van der Waals surface area contributed by atoms with Crippen LogP contribution in [0.1, 0.15) is 12.8 Å². The Morgan fingerprint density at radius 3 is 3.08 bits per heavy atom. The number of halogens is 1. The van der Waals surface area contributed by atoms with Crippen molar-refractivity contribution in [1.82, 2.24) is 10.2 Å². The Balaban J connectivity index is 2.09. The van der Waals surface area contributed by atoms with Gasteiger partial charge in [0.25, 0.3) is 0 Å². The molecule has 2 fully saturated rings. The number of hydrogen-bond acceptors (Lipinski definition) is 2. The average molecular weight is 172 g/mol. The number of hydrogen-bond donors (Lipinski definition) is 1. The molecule has 1 spiro atoms. The molecule has 12 heavy (non-hydrogen) atoms. The second-order valence-corrected chi connectivity index (χ2v) is 4.28. The van der Waals surface area contributed by atoms with Crippen LogP contribution >= 0.6 is 0 Å². The van der Waals surface area contributed by atoms with E-state index in [1.807, 2.05) is 0 Å². The zero-order chi connectivity index (χ0) is 8.60. The Morgan fingerprint density at radius 2 is 2.42 bits per heavy atom. The van der Waals surface area contributed by atoms with Crippen LogP contribution in [-0.2, 0) is 0 Å². The van der Waals surface area contributed by atoms with Gasteiger partial charge in [0, 0.05) is 25.0 Å². The third kappa shape index (κ3) is 1.25. The monoisotopic (exact) mass is 172 g/mol. The smallest absolute Gasteiger partial charge is 0.109 e. The molecule has 2 aliphatic heterocycles. The molecule has 2 heterocycles. The van der Waals surface area contributed by atoms with Gasteiger partial charge in [-0.1, -0.05) is 0 Å². The highest BCUT2D eigenvalue weighted by atomic mass is 19.1. The van der Waals surface area contributed by atoms with E-state index in [-0.39, 0.29) is 5.41 Å². The van der Waals surface area contributed by atoms with Crippen LogP contribution in [0.5, 0.6) is 0 Å². The molecule has 0 aliphatic carbocycles. The van der Waals surface area contributed by atoms with Crippen molar-refractivity contribution in [2.75, 3.05) is 33.2 Å². The van der Waals surface area contributed by atoms with Crippen LogP contribution in [-0.4, -0.2) is 44.3 Å². The van der Waals surface area contributed by atoms with Crippen molar-refractivity contribution < 1.29 is 4.39 Å². The predicted molar refractivity (Wildman–Crippen MR) is 46.9 cm³/mol. The first-order chi connectivity index (χ1) is 5.73. The first-order valence-corrected chi connectivity index (χ1v) is 4.76. The minimum Gasteiger partial charge on any atom is -0.316 e. The molecule has 2 saturated heterocycles. The lowest BCUT2D eigenvalue weighted by molar-refractivity contribution is 0.0291. The SMILES string of the molecule is CN1CCC(F)C2(CCNC2)C1. The maximum Gasteiger partial charge on any atom is 0.109 e. The summed E-state index contributed by atoms with van der Waals surface area (Å²) in [7, 11) is 2.09. The molecule has 2 atom stereocenters. The number of likely N-dealkylation sites (tertiary alicyclic amines) is 1. The van der Waals surface area contributed by atoms with Crippen molar-refractivity contribution >= 4 is 0 Å². The van der Waals surface area contributed by atoms with Gasteiger partial charge in [-0.2, -0.15) is 0 Å². The van der Waals surface area contributed by atoms with E-state index in [0.29, 0.717) is 0 Å². The van der Waals surface area contributed by atoms with Crippen molar-refractivity contribution in [3.05, 3.63) is 0 Å². The maximum absolute atomic E-state index is 13.7. The second kappa shape index (κ2) is 2.96. The highest BCUT2D eigenvalue weighted by molar-refractivity contribution is 4.98. The van der Waals surface area contributed by atoms with E-state index in [9.17, 15) is 4.39 Å². The quantitative estimate of drug-likeness (QED) is 0.577. The first kappa shape index (κ1) is 8.45. The maximum atomic E-state index is 13.7. The molecule has 0 aromatic rings. The van der Waals surface area contributed by atoms with Crippen LogP contribution in [0.3, 0.4) is 0 Å². The van der Waals surface area contributed by atoms with Crippen molar-refractivity contribution in [2.24, 2.45) is 5.41 Å². The zero-order valence-corrected chi connectivity index (χ0v) is 7.65. The second-order valence-electron chi connectivity index (χ2n) is 4.28. The summed E-state index contributed by atoms with van der Waals surface area (Å²) in [5, 5.41) is 3.27. The van der Waals surface area contributed by atoms with Gasteiger partial charge in [0.05, 0.1) is 0 Å². The van der Waals surface area contributed by atoms with Crippen molar-refractivity contribution in [3.63, 3.8) is 0 Å². The minimum absolute atomic E-state index is 0.0486. The van der Waals surface area contributed by atoms with E-state index in [1.54, 1.807) is 0 Å². The number of nitrogens with zero attached hydrogens (tertiary/aromatic N) is 1. The fourth-order valence-corrected chi connectivity index (χ4v) is 2.52. The Morgan fingerprint density at radius 1 is 1.58 bits per heavy atom. The average Bonchev–Trinajstić information content (AvgIpc) is 2.48. The highest BCUT2D eigenvalue weighted by Gasteiger charge is 2.44. The lowest BCUT2D eigenvalue weighted by Crippen LogP contribution is -2.49. The molecule has 70 valence electrons. The zero-order valence-electron chi connectivity index (χ0n) is 7.65. The van der Waals surface area contributed by atoms with Gasteiger partial charge in [-0.3, -0.25) is 0 Å². The summed E-state index contributed by atoms with van der Waals surface area (Å²) in [6.07, 6.45) is 1.15.